The van der Waals surface area contributed by atoms with Crippen LogP contribution in [0.3, 0.4) is 0 Å². The number of aromatic amines is 1. The van der Waals surface area contributed by atoms with Crippen molar-refractivity contribution in [2.45, 2.75) is 76.7 Å². The first-order valence-corrected chi connectivity index (χ1v) is 7.95. The lowest BCUT2D eigenvalue weighted by Crippen LogP contribution is -2.26. The Labute approximate surface area is 116 Å². The van der Waals surface area contributed by atoms with Crippen molar-refractivity contribution < 1.29 is 0 Å². The van der Waals surface area contributed by atoms with Gasteiger partial charge >= 0.3 is 0 Å². The van der Waals surface area contributed by atoms with Gasteiger partial charge in [0.05, 0.1) is 5.69 Å². The average Bonchev–Trinajstić information content (AvgIpc) is 2.95. The molecule has 0 aliphatic heterocycles. The van der Waals surface area contributed by atoms with Crippen LogP contribution in [0.25, 0.3) is 0 Å². The van der Waals surface area contributed by atoms with E-state index < -0.39 is 0 Å². The second-order valence-electron chi connectivity index (χ2n) is 7.03. The van der Waals surface area contributed by atoms with E-state index in [1.165, 1.54) is 50.0 Å². The molecule has 1 atom stereocenters. The predicted molar refractivity (Wildman–Crippen MR) is 78.1 cm³/mol. The molecule has 1 fully saturated rings. The number of nitrogens with two attached hydrogens (primary N) is 1. The van der Waals surface area contributed by atoms with Gasteiger partial charge in [-0.05, 0) is 44.4 Å². The third-order valence-electron chi connectivity index (χ3n) is 4.97. The molecule has 106 valence electrons. The van der Waals surface area contributed by atoms with Gasteiger partial charge in [0.1, 0.15) is 5.82 Å². The molecule has 1 unspecified atom stereocenters. The first kappa shape index (κ1) is 13.2. The standard InChI is InChI=1S/C16H27N3/c1-11(2)10-16(8-3-4-9-16)15-18-13-7-5-6-12(17)14(13)19-15/h11-12H,3-10,17H2,1-2H3,(H,18,19). The number of aryl methyl sites for hydroxylation is 1. The first-order chi connectivity index (χ1) is 9.11. The van der Waals surface area contributed by atoms with Crippen molar-refractivity contribution in [1.29, 1.82) is 0 Å². The molecule has 2 aliphatic rings. The van der Waals surface area contributed by atoms with Crippen molar-refractivity contribution in [2.24, 2.45) is 11.7 Å². The Morgan fingerprint density at radius 2 is 2.05 bits per heavy atom. The summed E-state index contributed by atoms with van der Waals surface area (Å²) in [6, 6.07) is 0.159. The predicted octanol–water partition coefficient (Wildman–Crippen LogP) is 3.60. The summed E-state index contributed by atoms with van der Waals surface area (Å²) in [6.45, 7) is 4.66. The Morgan fingerprint density at radius 3 is 2.68 bits per heavy atom. The number of aromatic nitrogens is 2. The molecule has 3 rings (SSSR count). The maximum Gasteiger partial charge on any atom is 0.112 e. The van der Waals surface area contributed by atoms with E-state index in [0.29, 0.717) is 5.41 Å². The highest BCUT2D eigenvalue weighted by Crippen LogP contribution is 2.45. The zero-order valence-electron chi connectivity index (χ0n) is 12.3. The first-order valence-electron chi connectivity index (χ1n) is 7.95. The molecule has 0 bridgehead atoms. The molecule has 0 amide bonds. The van der Waals surface area contributed by atoms with Crippen LogP contribution in [0.4, 0.5) is 0 Å². The van der Waals surface area contributed by atoms with Crippen LogP contribution in [-0.2, 0) is 11.8 Å². The monoisotopic (exact) mass is 261 g/mol. The van der Waals surface area contributed by atoms with Crippen LogP contribution in [-0.4, -0.2) is 9.97 Å². The van der Waals surface area contributed by atoms with Gasteiger partial charge in [-0.15, -0.1) is 0 Å². The number of H-pyrrole nitrogens is 1. The highest BCUT2D eigenvalue weighted by atomic mass is 15.0. The average molecular weight is 261 g/mol. The second kappa shape index (κ2) is 4.93. The van der Waals surface area contributed by atoms with Crippen molar-refractivity contribution in [3.05, 3.63) is 17.2 Å². The SMILES string of the molecule is CC(C)CC1(c2nc3c([nH]2)CCCC3N)CCCC1. The summed E-state index contributed by atoms with van der Waals surface area (Å²) in [5, 5.41) is 0. The van der Waals surface area contributed by atoms with E-state index in [2.05, 4.69) is 18.8 Å². The fourth-order valence-electron chi connectivity index (χ4n) is 4.18. The van der Waals surface area contributed by atoms with Gasteiger partial charge < -0.3 is 10.7 Å². The van der Waals surface area contributed by atoms with Gasteiger partial charge in [-0.3, -0.25) is 0 Å². The Hall–Kier alpha value is -0.830. The van der Waals surface area contributed by atoms with Gasteiger partial charge in [-0.2, -0.15) is 0 Å². The lowest BCUT2D eigenvalue weighted by atomic mass is 9.78. The molecule has 0 radical (unpaired) electrons. The van der Waals surface area contributed by atoms with Gasteiger partial charge in [0, 0.05) is 17.2 Å². The van der Waals surface area contributed by atoms with Crippen molar-refractivity contribution in [3.8, 4) is 0 Å². The zero-order chi connectivity index (χ0) is 13.5. The Balaban J connectivity index is 1.95. The minimum absolute atomic E-state index is 0.159. The summed E-state index contributed by atoms with van der Waals surface area (Å²) in [7, 11) is 0. The molecular formula is C16H27N3. The molecule has 0 aromatic carbocycles. The van der Waals surface area contributed by atoms with E-state index in [9.17, 15) is 0 Å². The minimum Gasteiger partial charge on any atom is -0.345 e. The molecule has 0 spiro atoms. The molecule has 1 aromatic heterocycles. The van der Waals surface area contributed by atoms with Crippen LogP contribution in [0, 0.1) is 5.92 Å². The lowest BCUT2D eigenvalue weighted by molar-refractivity contribution is 0.330. The molecule has 3 N–H and O–H groups in total. The molecule has 1 saturated carbocycles. The van der Waals surface area contributed by atoms with E-state index in [1.54, 1.807) is 0 Å². The van der Waals surface area contributed by atoms with Crippen molar-refractivity contribution in [2.75, 3.05) is 0 Å². The van der Waals surface area contributed by atoms with E-state index in [-0.39, 0.29) is 6.04 Å². The van der Waals surface area contributed by atoms with Crippen LogP contribution >= 0.6 is 0 Å². The summed E-state index contributed by atoms with van der Waals surface area (Å²) >= 11 is 0. The smallest absolute Gasteiger partial charge is 0.112 e. The summed E-state index contributed by atoms with van der Waals surface area (Å²) < 4.78 is 0. The fraction of sp³-hybridized carbons (Fsp3) is 0.812. The number of fused-ring (bicyclic) bond motifs is 1. The highest BCUT2D eigenvalue weighted by Gasteiger charge is 2.39. The maximum absolute atomic E-state index is 6.22. The van der Waals surface area contributed by atoms with Crippen LogP contribution in [0.5, 0.6) is 0 Å². The van der Waals surface area contributed by atoms with E-state index in [4.69, 9.17) is 10.7 Å². The fourth-order valence-corrected chi connectivity index (χ4v) is 4.18. The normalized spacial score (nSPS) is 25.8. The number of nitrogens with zero attached hydrogens (tertiary/aromatic N) is 1. The molecule has 3 heteroatoms. The maximum atomic E-state index is 6.22. The summed E-state index contributed by atoms with van der Waals surface area (Å²) in [6.07, 6.45) is 9.98. The molecule has 2 aliphatic carbocycles. The van der Waals surface area contributed by atoms with Gasteiger partial charge in [0.15, 0.2) is 0 Å². The van der Waals surface area contributed by atoms with E-state index in [1.807, 2.05) is 0 Å². The van der Waals surface area contributed by atoms with Crippen LogP contribution < -0.4 is 5.73 Å². The van der Waals surface area contributed by atoms with Gasteiger partial charge in [0.25, 0.3) is 0 Å². The number of hydrogen-bond donors (Lipinski definition) is 2. The summed E-state index contributed by atoms with van der Waals surface area (Å²) in [5.41, 5.74) is 9.02. The highest BCUT2D eigenvalue weighted by molar-refractivity contribution is 5.25. The Morgan fingerprint density at radius 1 is 1.32 bits per heavy atom. The van der Waals surface area contributed by atoms with E-state index >= 15 is 0 Å². The number of nitrogens with one attached hydrogen (secondary N) is 1. The Bertz CT molecular complexity index is 441. The number of hydrogen-bond acceptors (Lipinski definition) is 2. The molecular weight excluding hydrogens is 234 g/mol. The zero-order valence-corrected chi connectivity index (χ0v) is 12.3. The molecule has 3 nitrogen and oxygen atoms in total. The van der Waals surface area contributed by atoms with Crippen molar-refractivity contribution in [3.63, 3.8) is 0 Å². The van der Waals surface area contributed by atoms with Gasteiger partial charge in [-0.25, -0.2) is 4.98 Å². The van der Waals surface area contributed by atoms with Crippen LogP contribution in [0.1, 0.15) is 82.0 Å². The van der Waals surface area contributed by atoms with Crippen LogP contribution in [0.2, 0.25) is 0 Å². The summed E-state index contributed by atoms with van der Waals surface area (Å²) in [5.74, 6) is 1.98. The second-order valence-corrected chi connectivity index (χ2v) is 7.03. The summed E-state index contributed by atoms with van der Waals surface area (Å²) in [4.78, 5) is 8.62. The number of rotatable bonds is 3. The minimum atomic E-state index is 0.159. The van der Waals surface area contributed by atoms with Crippen molar-refractivity contribution >= 4 is 0 Å². The third kappa shape index (κ3) is 2.33. The Kier molecular flexibility index (Phi) is 3.42. The quantitative estimate of drug-likeness (QED) is 0.873. The van der Waals surface area contributed by atoms with Crippen molar-refractivity contribution in [1.82, 2.24) is 9.97 Å². The molecule has 1 heterocycles. The largest absolute Gasteiger partial charge is 0.345 e. The topological polar surface area (TPSA) is 54.7 Å². The third-order valence-corrected chi connectivity index (χ3v) is 4.97. The molecule has 0 saturated heterocycles. The number of imidazole rings is 1. The lowest BCUT2D eigenvalue weighted by Gasteiger charge is -2.28. The van der Waals surface area contributed by atoms with Gasteiger partial charge in [0.2, 0.25) is 0 Å². The van der Waals surface area contributed by atoms with E-state index in [0.717, 1.165) is 24.5 Å². The molecule has 1 aromatic rings. The molecule has 19 heavy (non-hydrogen) atoms. The van der Waals surface area contributed by atoms with Crippen LogP contribution in [0.15, 0.2) is 0 Å². The van der Waals surface area contributed by atoms with Gasteiger partial charge in [-0.1, -0.05) is 26.7 Å².